The molecule has 0 fully saturated rings. The molecule has 90 valence electrons. The van der Waals surface area contributed by atoms with Crippen LogP contribution in [0.3, 0.4) is 0 Å². The van der Waals surface area contributed by atoms with Gasteiger partial charge in [0.05, 0.1) is 19.2 Å². The summed E-state index contributed by atoms with van der Waals surface area (Å²) in [6.45, 7) is 0. The van der Waals surface area contributed by atoms with Crippen molar-refractivity contribution in [3.63, 3.8) is 0 Å². The minimum Gasteiger partial charge on any atom is -0.739 e. The Bertz CT molecular complexity index is 565. The van der Waals surface area contributed by atoms with Gasteiger partial charge < -0.3 is 10.4 Å². The van der Waals surface area contributed by atoms with Gasteiger partial charge in [0, 0.05) is 15.8 Å². The van der Waals surface area contributed by atoms with Gasteiger partial charge >= 0.3 is 11.5 Å². The highest BCUT2D eigenvalue weighted by atomic mass is 32.2. The standard InChI is InChI=1S/C8H8N4O4S/c1-15-16-17-5-2-3-6-7(4-5)12(14)10-8(9)11(6)13/h2-4H,1H3,(H2,9,10). The Kier molecular flexibility index (Phi) is 3.13. The fraction of sp³-hybridized carbons (Fsp3) is 0.125. The first-order chi connectivity index (χ1) is 8.13. The van der Waals surface area contributed by atoms with Crippen LogP contribution in [-0.2, 0) is 9.22 Å². The first-order valence-electron chi connectivity index (χ1n) is 4.43. The largest absolute Gasteiger partial charge is 0.739 e. The third kappa shape index (κ3) is 2.16. The van der Waals surface area contributed by atoms with E-state index in [9.17, 15) is 10.4 Å². The van der Waals surface area contributed by atoms with Gasteiger partial charge in [-0.05, 0) is 12.1 Å². The Morgan fingerprint density at radius 3 is 2.82 bits per heavy atom. The Labute approximate surface area is 99.9 Å². The summed E-state index contributed by atoms with van der Waals surface area (Å²) >= 11 is 0.909. The highest BCUT2D eigenvalue weighted by Gasteiger charge is 2.17. The maximum Gasteiger partial charge on any atom is 0.458 e. The molecule has 0 atom stereocenters. The van der Waals surface area contributed by atoms with E-state index in [1.807, 2.05) is 0 Å². The van der Waals surface area contributed by atoms with E-state index in [0.717, 1.165) is 12.0 Å². The molecule has 0 saturated carbocycles. The molecule has 0 radical (unpaired) electrons. The monoisotopic (exact) mass is 256 g/mol. The minimum atomic E-state index is -0.402. The molecule has 9 heteroatoms. The summed E-state index contributed by atoms with van der Waals surface area (Å²) in [6, 6.07) is 4.50. The van der Waals surface area contributed by atoms with Crippen LogP contribution in [0.15, 0.2) is 23.1 Å². The van der Waals surface area contributed by atoms with Gasteiger partial charge in [0.2, 0.25) is 5.10 Å². The number of nitrogens with zero attached hydrogens (tertiary/aromatic N) is 3. The smallest absolute Gasteiger partial charge is 0.458 e. The minimum absolute atomic E-state index is 0.0962. The van der Waals surface area contributed by atoms with Crippen LogP contribution in [0.25, 0.3) is 11.0 Å². The SMILES string of the molecule is COOSc1ccc2c(c1)[n+]([O-])nc(N)[n+]2[O-]. The van der Waals surface area contributed by atoms with Crippen molar-refractivity contribution in [2.24, 2.45) is 0 Å². The zero-order valence-electron chi connectivity index (χ0n) is 8.69. The predicted molar refractivity (Wildman–Crippen MR) is 58.0 cm³/mol. The summed E-state index contributed by atoms with van der Waals surface area (Å²) in [5.41, 5.74) is 5.50. The van der Waals surface area contributed by atoms with Crippen LogP contribution in [0.5, 0.6) is 0 Å². The molecule has 2 aromatic rings. The zero-order chi connectivity index (χ0) is 12.4. The normalized spacial score (nSPS) is 10.9. The van der Waals surface area contributed by atoms with E-state index in [0.29, 0.717) is 9.63 Å². The first-order valence-corrected chi connectivity index (χ1v) is 5.17. The summed E-state index contributed by atoms with van der Waals surface area (Å²) in [6.07, 6.45) is 0. The van der Waals surface area contributed by atoms with E-state index in [4.69, 9.17) is 5.73 Å². The molecule has 0 aliphatic rings. The average Bonchev–Trinajstić information content (AvgIpc) is 2.33. The van der Waals surface area contributed by atoms with Crippen molar-refractivity contribution in [1.29, 1.82) is 0 Å². The molecule has 2 rings (SSSR count). The average molecular weight is 256 g/mol. The Balaban J connectivity index is 2.54. The maximum atomic E-state index is 11.5. The molecule has 0 unspecified atom stereocenters. The van der Waals surface area contributed by atoms with E-state index in [2.05, 4.69) is 14.3 Å². The Morgan fingerprint density at radius 2 is 2.12 bits per heavy atom. The molecule has 0 amide bonds. The van der Waals surface area contributed by atoms with Crippen molar-refractivity contribution in [3.8, 4) is 0 Å². The van der Waals surface area contributed by atoms with Gasteiger partial charge in [-0.25, -0.2) is 9.62 Å². The summed E-state index contributed by atoms with van der Waals surface area (Å²) in [5, 5.41) is 26.3. The molecule has 0 aliphatic carbocycles. The van der Waals surface area contributed by atoms with E-state index in [1.165, 1.54) is 19.2 Å². The van der Waals surface area contributed by atoms with Crippen molar-refractivity contribution < 1.29 is 18.8 Å². The highest BCUT2D eigenvalue weighted by molar-refractivity contribution is 7.94. The van der Waals surface area contributed by atoms with Crippen LogP contribution in [0.1, 0.15) is 0 Å². The number of hydrogen-bond donors (Lipinski definition) is 1. The number of anilines is 1. The lowest BCUT2D eigenvalue weighted by atomic mass is 10.3. The molecule has 1 heterocycles. The van der Waals surface area contributed by atoms with E-state index in [1.54, 1.807) is 6.07 Å². The van der Waals surface area contributed by atoms with Crippen molar-refractivity contribution >= 4 is 29.0 Å². The summed E-state index contributed by atoms with van der Waals surface area (Å²) in [7, 11) is 1.36. The van der Waals surface area contributed by atoms with Gasteiger partial charge in [-0.2, -0.15) is 4.33 Å². The lowest BCUT2D eigenvalue weighted by Crippen LogP contribution is -2.44. The third-order valence-electron chi connectivity index (χ3n) is 1.97. The second kappa shape index (κ2) is 4.57. The van der Waals surface area contributed by atoms with Gasteiger partial charge in [0.15, 0.2) is 5.52 Å². The number of aromatic nitrogens is 3. The molecule has 0 bridgehead atoms. The molecule has 0 aliphatic heterocycles. The van der Waals surface area contributed by atoms with Gasteiger partial charge in [-0.1, -0.05) is 0 Å². The number of rotatable bonds is 3. The molecule has 1 aromatic carbocycles. The van der Waals surface area contributed by atoms with E-state index in [-0.39, 0.29) is 15.9 Å². The van der Waals surface area contributed by atoms with Gasteiger partial charge in [-0.15, -0.1) is 0 Å². The number of nitrogens with two attached hydrogens (primary N) is 1. The maximum absolute atomic E-state index is 11.5. The van der Waals surface area contributed by atoms with E-state index < -0.39 is 5.95 Å². The van der Waals surface area contributed by atoms with Crippen molar-refractivity contribution in [1.82, 2.24) is 5.10 Å². The highest BCUT2D eigenvalue weighted by Crippen LogP contribution is 2.21. The molecule has 0 saturated heterocycles. The lowest BCUT2D eigenvalue weighted by molar-refractivity contribution is -0.672. The lowest BCUT2D eigenvalue weighted by Gasteiger charge is -2.07. The van der Waals surface area contributed by atoms with Crippen molar-refractivity contribution in [2.75, 3.05) is 12.8 Å². The number of fused-ring (bicyclic) bond motifs is 1. The summed E-state index contributed by atoms with van der Waals surface area (Å²) in [4.78, 5) is 5.29. The molecule has 2 N–H and O–H groups in total. The van der Waals surface area contributed by atoms with Crippen molar-refractivity contribution in [3.05, 3.63) is 28.6 Å². The fourth-order valence-corrected chi connectivity index (χ4v) is 1.69. The quantitative estimate of drug-likeness (QED) is 0.263. The van der Waals surface area contributed by atoms with Gasteiger partial charge in [0.1, 0.15) is 0 Å². The Hall–Kier alpha value is -1.84. The Morgan fingerprint density at radius 1 is 1.35 bits per heavy atom. The molecule has 17 heavy (non-hydrogen) atoms. The van der Waals surface area contributed by atoms with Crippen LogP contribution in [-0.4, -0.2) is 12.2 Å². The molecule has 8 nitrogen and oxygen atoms in total. The van der Waals surface area contributed by atoms with Gasteiger partial charge in [-0.3, -0.25) is 5.73 Å². The second-order valence-electron chi connectivity index (χ2n) is 2.99. The zero-order valence-corrected chi connectivity index (χ0v) is 9.51. The number of benzene rings is 1. The van der Waals surface area contributed by atoms with Crippen LogP contribution in [0.2, 0.25) is 0 Å². The van der Waals surface area contributed by atoms with Crippen LogP contribution >= 0.6 is 12.0 Å². The number of hydrogen-bond acceptors (Lipinski definition) is 7. The van der Waals surface area contributed by atoms with Crippen LogP contribution < -0.4 is 15.3 Å². The molecule has 1 aromatic heterocycles. The van der Waals surface area contributed by atoms with Gasteiger partial charge in [0.25, 0.3) is 0 Å². The summed E-state index contributed by atoms with van der Waals surface area (Å²) < 4.78 is 5.02. The molecule has 0 spiro atoms. The van der Waals surface area contributed by atoms with Crippen molar-refractivity contribution in [2.45, 2.75) is 4.90 Å². The fourth-order valence-electron chi connectivity index (χ4n) is 1.26. The molecular formula is C8H8N4O4S. The topological polar surface area (TPSA) is 111 Å². The molecular weight excluding hydrogens is 248 g/mol. The van der Waals surface area contributed by atoms with E-state index >= 15 is 0 Å². The summed E-state index contributed by atoms with van der Waals surface area (Å²) in [5.74, 6) is -0.402. The van der Waals surface area contributed by atoms with Crippen LogP contribution in [0.4, 0.5) is 5.95 Å². The number of nitrogen functional groups attached to an aromatic ring is 1. The predicted octanol–water partition coefficient (Wildman–Crippen LogP) is -0.331. The van der Waals surface area contributed by atoms with Crippen LogP contribution in [0, 0.1) is 10.4 Å². The second-order valence-corrected chi connectivity index (χ2v) is 3.77. The first kappa shape index (κ1) is 11.6. The third-order valence-corrected chi connectivity index (χ3v) is 2.62.